The number of esters is 1. The number of methoxy groups -OCH3 is 1. The molecule has 1 atom stereocenters. The summed E-state index contributed by atoms with van der Waals surface area (Å²) in [7, 11) is 2.77. The lowest BCUT2D eigenvalue weighted by Crippen LogP contribution is -2.40. The maximum Gasteiger partial charge on any atom is 0.332 e. The molecule has 3 rings (SSSR count). The molecule has 0 N–H and O–H groups in total. The van der Waals surface area contributed by atoms with Crippen LogP contribution in [-0.2, 0) is 23.1 Å². The molecule has 3 aromatic rings. The first-order valence-electron chi connectivity index (χ1n) is 7.51. The highest BCUT2D eigenvalue weighted by Gasteiger charge is 2.23. The molecule has 0 fully saturated rings. The van der Waals surface area contributed by atoms with E-state index in [4.69, 9.17) is 9.26 Å². The molecule has 0 aliphatic rings. The number of carbonyl (C=O) groups is 1. The minimum absolute atomic E-state index is 0.0451. The molecule has 0 saturated heterocycles. The molecular formula is C15H17N5O5. The molecule has 132 valence electrons. The van der Waals surface area contributed by atoms with Crippen molar-refractivity contribution in [2.24, 2.45) is 7.05 Å². The van der Waals surface area contributed by atoms with E-state index in [0.717, 1.165) is 4.57 Å². The van der Waals surface area contributed by atoms with Crippen molar-refractivity contribution >= 4 is 17.1 Å². The summed E-state index contributed by atoms with van der Waals surface area (Å²) in [6, 6.07) is 0.882. The van der Waals surface area contributed by atoms with Gasteiger partial charge in [0.15, 0.2) is 11.2 Å². The number of ether oxygens (including phenoxy) is 1. The Labute approximate surface area is 141 Å². The van der Waals surface area contributed by atoms with Gasteiger partial charge in [0.05, 0.1) is 20.0 Å². The van der Waals surface area contributed by atoms with Crippen molar-refractivity contribution in [3.8, 4) is 0 Å². The van der Waals surface area contributed by atoms with Gasteiger partial charge in [0.1, 0.15) is 17.5 Å². The van der Waals surface area contributed by atoms with E-state index in [2.05, 4.69) is 10.1 Å². The fourth-order valence-electron chi connectivity index (χ4n) is 2.66. The lowest BCUT2D eigenvalue weighted by molar-refractivity contribution is -0.143. The number of aryl methyl sites for hydroxylation is 2. The fourth-order valence-corrected chi connectivity index (χ4v) is 2.66. The van der Waals surface area contributed by atoms with Gasteiger partial charge in [-0.15, -0.1) is 0 Å². The zero-order valence-corrected chi connectivity index (χ0v) is 14.2. The van der Waals surface area contributed by atoms with E-state index < -0.39 is 23.3 Å². The second-order valence-corrected chi connectivity index (χ2v) is 5.68. The summed E-state index contributed by atoms with van der Waals surface area (Å²) in [6.45, 7) is 3.26. The van der Waals surface area contributed by atoms with Gasteiger partial charge in [-0.1, -0.05) is 5.16 Å². The molecule has 0 saturated carbocycles. The Hall–Kier alpha value is -3.17. The number of carbonyl (C=O) groups excluding carboxylic acids is 1. The number of hydrogen-bond donors (Lipinski definition) is 0. The Kier molecular flexibility index (Phi) is 4.03. The summed E-state index contributed by atoms with van der Waals surface area (Å²) < 4.78 is 13.4. The number of fused-ring (bicyclic) bond motifs is 1. The Bertz CT molecular complexity index is 1070. The Morgan fingerprint density at radius 3 is 2.72 bits per heavy atom. The third-order valence-corrected chi connectivity index (χ3v) is 4.01. The van der Waals surface area contributed by atoms with Crippen LogP contribution >= 0.6 is 0 Å². The first-order valence-corrected chi connectivity index (χ1v) is 7.51. The van der Waals surface area contributed by atoms with E-state index in [0.29, 0.717) is 11.5 Å². The van der Waals surface area contributed by atoms with Gasteiger partial charge in [0.2, 0.25) is 0 Å². The van der Waals surface area contributed by atoms with Crippen molar-refractivity contribution in [3.63, 3.8) is 0 Å². The first-order chi connectivity index (χ1) is 11.8. The van der Waals surface area contributed by atoms with Gasteiger partial charge in [-0.25, -0.2) is 14.6 Å². The van der Waals surface area contributed by atoms with Gasteiger partial charge < -0.3 is 13.8 Å². The van der Waals surface area contributed by atoms with Crippen molar-refractivity contribution in [3.05, 3.63) is 44.7 Å². The highest BCUT2D eigenvalue weighted by atomic mass is 16.5. The van der Waals surface area contributed by atoms with E-state index in [1.54, 1.807) is 19.9 Å². The highest BCUT2D eigenvalue weighted by Crippen LogP contribution is 2.14. The van der Waals surface area contributed by atoms with Crippen LogP contribution < -0.4 is 11.2 Å². The van der Waals surface area contributed by atoms with Crippen LogP contribution in [0.4, 0.5) is 0 Å². The molecule has 0 radical (unpaired) electrons. The monoisotopic (exact) mass is 347 g/mol. The fraction of sp³-hybridized carbons (Fsp3) is 0.400. The molecular weight excluding hydrogens is 330 g/mol. The Balaban J connectivity index is 2.23. The SMILES string of the molecule is COC(=O)C(C)n1cnc2c1c(=O)n(Cc1cc(C)on1)c(=O)n2C. The summed E-state index contributed by atoms with van der Waals surface area (Å²) in [5, 5.41) is 3.81. The van der Waals surface area contributed by atoms with E-state index in [1.165, 1.54) is 29.6 Å². The predicted octanol–water partition coefficient (Wildman–Crippen LogP) is -0.0246. The molecule has 10 heteroatoms. The van der Waals surface area contributed by atoms with Crippen LogP contribution in [0.2, 0.25) is 0 Å². The molecule has 0 spiro atoms. The van der Waals surface area contributed by atoms with Crippen LogP contribution in [0.25, 0.3) is 11.2 Å². The van der Waals surface area contributed by atoms with E-state index in [9.17, 15) is 14.4 Å². The number of nitrogens with zero attached hydrogens (tertiary/aromatic N) is 5. The van der Waals surface area contributed by atoms with Gasteiger partial charge in [-0.2, -0.15) is 0 Å². The number of imidazole rings is 1. The summed E-state index contributed by atoms with van der Waals surface area (Å²) in [5.74, 6) is 0.0523. The van der Waals surface area contributed by atoms with Crippen molar-refractivity contribution in [1.82, 2.24) is 23.8 Å². The molecule has 0 aliphatic carbocycles. The number of hydrogen-bond acceptors (Lipinski definition) is 7. The van der Waals surface area contributed by atoms with Gasteiger partial charge in [0.25, 0.3) is 5.56 Å². The lowest BCUT2D eigenvalue weighted by atomic mass is 10.3. The molecule has 25 heavy (non-hydrogen) atoms. The van der Waals surface area contributed by atoms with Crippen LogP contribution in [0.15, 0.2) is 26.5 Å². The van der Waals surface area contributed by atoms with Crippen molar-refractivity contribution in [2.45, 2.75) is 26.4 Å². The Morgan fingerprint density at radius 1 is 1.40 bits per heavy atom. The quantitative estimate of drug-likeness (QED) is 0.609. The minimum atomic E-state index is -0.761. The Morgan fingerprint density at radius 2 is 2.12 bits per heavy atom. The summed E-state index contributed by atoms with van der Waals surface area (Å²) in [6.07, 6.45) is 1.34. The standard InChI is InChI=1S/C15H17N5O5/c1-8-5-10(17-25-8)6-19-13(21)11-12(18(3)15(19)23)16-7-20(11)9(2)14(22)24-4/h5,7,9H,6H2,1-4H3. The van der Waals surface area contributed by atoms with Crippen molar-refractivity contribution in [2.75, 3.05) is 7.11 Å². The topological polar surface area (TPSA) is 114 Å². The van der Waals surface area contributed by atoms with E-state index >= 15 is 0 Å². The second kappa shape index (κ2) is 6.04. The smallest absolute Gasteiger partial charge is 0.332 e. The third kappa shape index (κ3) is 2.65. The first kappa shape index (κ1) is 16.7. The minimum Gasteiger partial charge on any atom is -0.467 e. The van der Waals surface area contributed by atoms with Gasteiger partial charge >= 0.3 is 11.7 Å². The number of rotatable bonds is 4. The highest BCUT2D eigenvalue weighted by molar-refractivity contribution is 5.78. The van der Waals surface area contributed by atoms with Gasteiger partial charge in [0, 0.05) is 13.1 Å². The van der Waals surface area contributed by atoms with Crippen LogP contribution in [0.1, 0.15) is 24.4 Å². The predicted molar refractivity (Wildman–Crippen MR) is 86.3 cm³/mol. The summed E-state index contributed by atoms with van der Waals surface area (Å²) in [5.41, 5.74) is -0.317. The molecule has 0 aliphatic heterocycles. The average molecular weight is 347 g/mol. The largest absolute Gasteiger partial charge is 0.467 e. The number of aromatic nitrogens is 5. The molecule has 3 heterocycles. The molecule has 0 amide bonds. The maximum atomic E-state index is 12.9. The van der Waals surface area contributed by atoms with Crippen LogP contribution in [0.5, 0.6) is 0 Å². The average Bonchev–Trinajstić information content (AvgIpc) is 3.21. The molecule has 0 aromatic carbocycles. The van der Waals surface area contributed by atoms with E-state index in [1.807, 2.05) is 0 Å². The van der Waals surface area contributed by atoms with Crippen LogP contribution in [0, 0.1) is 6.92 Å². The van der Waals surface area contributed by atoms with Crippen LogP contribution in [-0.4, -0.2) is 36.9 Å². The van der Waals surface area contributed by atoms with E-state index in [-0.39, 0.29) is 17.7 Å². The molecule has 1 unspecified atom stereocenters. The molecule has 10 nitrogen and oxygen atoms in total. The molecule has 0 bridgehead atoms. The zero-order valence-electron chi connectivity index (χ0n) is 14.2. The summed E-state index contributed by atoms with van der Waals surface area (Å²) >= 11 is 0. The third-order valence-electron chi connectivity index (χ3n) is 4.01. The lowest BCUT2D eigenvalue weighted by Gasteiger charge is -2.12. The molecule has 3 aromatic heterocycles. The second-order valence-electron chi connectivity index (χ2n) is 5.68. The normalized spacial score (nSPS) is 12.5. The van der Waals surface area contributed by atoms with Crippen LogP contribution in [0.3, 0.4) is 0 Å². The summed E-state index contributed by atoms with van der Waals surface area (Å²) in [4.78, 5) is 41.3. The van der Waals surface area contributed by atoms with Gasteiger partial charge in [-0.3, -0.25) is 13.9 Å². The van der Waals surface area contributed by atoms with Crippen molar-refractivity contribution in [1.29, 1.82) is 0 Å². The zero-order chi connectivity index (χ0) is 18.3. The van der Waals surface area contributed by atoms with Gasteiger partial charge in [-0.05, 0) is 13.8 Å². The van der Waals surface area contributed by atoms with Crippen molar-refractivity contribution < 1.29 is 14.1 Å². The maximum absolute atomic E-state index is 12.9.